The van der Waals surface area contributed by atoms with Gasteiger partial charge < -0.3 is 14.9 Å². The maximum Gasteiger partial charge on any atom is 0.359 e. The van der Waals surface area contributed by atoms with Crippen molar-refractivity contribution in [2.45, 2.75) is 58.0 Å². The van der Waals surface area contributed by atoms with Gasteiger partial charge in [0, 0.05) is 19.4 Å². The summed E-state index contributed by atoms with van der Waals surface area (Å²) in [5.74, 6) is -0.871. The standard InChI is InChI=1S/C16H31FN2O3/c1-4-5-8-14(17)9-6-10-15(20)18-11-7-12-19(2,3)13-16(21)22/h14H,4-13H2,1-3H3,(H-,18,20,21,22)/p+1. The van der Waals surface area contributed by atoms with E-state index >= 15 is 0 Å². The molecule has 1 amide bonds. The number of unbranched alkanes of at least 4 members (excludes halogenated alkanes) is 1. The highest BCUT2D eigenvalue weighted by Crippen LogP contribution is 2.11. The Hall–Kier alpha value is -1.17. The van der Waals surface area contributed by atoms with E-state index in [1.165, 1.54) is 0 Å². The van der Waals surface area contributed by atoms with E-state index in [1.54, 1.807) is 0 Å². The molecule has 1 atom stereocenters. The third-order valence-electron chi connectivity index (χ3n) is 3.62. The average Bonchev–Trinajstić information content (AvgIpc) is 2.40. The first kappa shape index (κ1) is 20.8. The Morgan fingerprint density at radius 2 is 1.82 bits per heavy atom. The molecule has 0 aliphatic heterocycles. The first-order valence-electron chi connectivity index (χ1n) is 8.21. The third-order valence-corrected chi connectivity index (χ3v) is 3.62. The summed E-state index contributed by atoms with van der Waals surface area (Å²) in [6.45, 7) is 3.34. The van der Waals surface area contributed by atoms with E-state index in [0.717, 1.165) is 19.3 Å². The molecule has 0 bridgehead atoms. The molecule has 0 spiro atoms. The van der Waals surface area contributed by atoms with Crippen molar-refractivity contribution in [2.24, 2.45) is 0 Å². The zero-order valence-corrected chi connectivity index (χ0v) is 14.2. The summed E-state index contributed by atoms with van der Waals surface area (Å²) in [5, 5.41) is 11.6. The number of carboxylic acid groups (broad SMARTS) is 1. The van der Waals surface area contributed by atoms with E-state index in [1.807, 2.05) is 21.0 Å². The Morgan fingerprint density at radius 1 is 1.18 bits per heavy atom. The van der Waals surface area contributed by atoms with Crippen LogP contribution in [0.25, 0.3) is 0 Å². The fourth-order valence-electron chi connectivity index (χ4n) is 2.32. The van der Waals surface area contributed by atoms with Gasteiger partial charge in [-0.25, -0.2) is 9.18 Å². The molecule has 130 valence electrons. The van der Waals surface area contributed by atoms with Crippen molar-refractivity contribution < 1.29 is 23.6 Å². The molecule has 0 rings (SSSR count). The monoisotopic (exact) mass is 319 g/mol. The lowest BCUT2D eigenvalue weighted by atomic mass is 10.1. The number of hydrogen-bond acceptors (Lipinski definition) is 2. The van der Waals surface area contributed by atoms with Crippen LogP contribution in [0.4, 0.5) is 4.39 Å². The van der Waals surface area contributed by atoms with Gasteiger partial charge in [-0.15, -0.1) is 0 Å². The fourth-order valence-corrected chi connectivity index (χ4v) is 2.32. The molecule has 0 aromatic rings. The van der Waals surface area contributed by atoms with Crippen LogP contribution in [0.15, 0.2) is 0 Å². The van der Waals surface area contributed by atoms with Crippen LogP contribution in [0.1, 0.15) is 51.9 Å². The second kappa shape index (κ2) is 11.4. The highest BCUT2D eigenvalue weighted by atomic mass is 19.1. The fraction of sp³-hybridized carbons (Fsp3) is 0.875. The Morgan fingerprint density at radius 3 is 2.41 bits per heavy atom. The minimum absolute atomic E-state index is 0.0498. The predicted molar refractivity (Wildman–Crippen MR) is 85.4 cm³/mol. The molecule has 0 aromatic heterocycles. The summed E-state index contributed by atoms with van der Waals surface area (Å²) in [6, 6.07) is 0. The molecule has 0 aliphatic rings. The summed E-state index contributed by atoms with van der Waals surface area (Å²) in [5.41, 5.74) is 0. The van der Waals surface area contributed by atoms with Crippen molar-refractivity contribution in [2.75, 3.05) is 33.7 Å². The molecule has 2 N–H and O–H groups in total. The van der Waals surface area contributed by atoms with Crippen LogP contribution >= 0.6 is 0 Å². The minimum Gasteiger partial charge on any atom is -0.477 e. The van der Waals surface area contributed by atoms with E-state index in [0.29, 0.717) is 43.3 Å². The van der Waals surface area contributed by atoms with Crippen molar-refractivity contribution >= 4 is 11.9 Å². The number of aliphatic carboxylic acids is 1. The zero-order chi connectivity index (χ0) is 17.0. The predicted octanol–water partition coefficient (Wildman–Crippen LogP) is 2.35. The molecule has 0 aromatic carbocycles. The van der Waals surface area contributed by atoms with Crippen LogP contribution in [0.3, 0.4) is 0 Å². The molecule has 5 nitrogen and oxygen atoms in total. The van der Waals surface area contributed by atoms with Gasteiger partial charge in [0.1, 0.15) is 6.17 Å². The molecule has 0 saturated heterocycles. The van der Waals surface area contributed by atoms with Gasteiger partial charge in [0.2, 0.25) is 5.91 Å². The molecule has 1 unspecified atom stereocenters. The van der Waals surface area contributed by atoms with Crippen LogP contribution in [0, 0.1) is 0 Å². The normalized spacial score (nSPS) is 12.9. The lowest BCUT2D eigenvalue weighted by molar-refractivity contribution is -0.883. The van der Waals surface area contributed by atoms with Gasteiger partial charge in [-0.3, -0.25) is 4.79 Å². The number of carboxylic acids is 1. The van der Waals surface area contributed by atoms with Crippen molar-refractivity contribution in [3.8, 4) is 0 Å². The average molecular weight is 319 g/mol. The van der Waals surface area contributed by atoms with Crippen molar-refractivity contribution in [3.63, 3.8) is 0 Å². The Balaban J connectivity index is 3.63. The number of quaternary nitrogens is 1. The largest absolute Gasteiger partial charge is 0.477 e. The SMILES string of the molecule is CCCCC(F)CCCC(=O)NCCC[N+](C)(C)CC(=O)O. The second-order valence-electron chi connectivity index (χ2n) is 6.55. The van der Waals surface area contributed by atoms with Crippen LogP contribution in [0.5, 0.6) is 0 Å². The summed E-state index contributed by atoms with van der Waals surface area (Å²) in [6.07, 6.45) is 3.83. The molecule has 0 radical (unpaired) electrons. The summed E-state index contributed by atoms with van der Waals surface area (Å²) >= 11 is 0. The number of carbonyl (C=O) groups is 2. The Labute approximate surface area is 133 Å². The number of nitrogens with one attached hydrogen (secondary N) is 1. The maximum atomic E-state index is 13.4. The summed E-state index contributed by atoms with van der Waals surface area (Å²) < 4.78 is 13.8. The van der Waals surface area contributed by atoms with Crippen LogP contribution in [-0.4, -0.2) is 61.4 Å². The summed E-state index contributed by atoms with van der Waals surface area (Å²) in [7, 11) is 3.71. The van der Waals surface area contributed by atoms with Gasteiger partial charge in [-0.05, 0) is 19.3 Å². The Kier molecular flexibility index (Phi) is 10.8. The molecule has 22 heavy (non-hydrogen) atoms. The Bertz CT molecular complexity index is 335. The first-order chi connectivity index (χ1) is 10.3. The van der Waals surface area contributed by atoms with Crippen molar-refractivity contribution in [1.29, 1.82) is 0 Å². The van der Waals surface area contributed by atoms with Gasteiger partial charge in [-0.1, -0.05) is 19.8 Å². The number of halogens is 1. The van der Waals surface area contributed by atoms with Crippen molar-refractivity contribution in [1.82, 2.24) is 5.32 Å². The maximum absolute atomic E-state index is 13.4. The molecular weight excluding hydrogens is 287 g/mol. The number of likely N-dealkylation sites (N-methyl/N-ethyl adjacent to an activating group) is 1. The van der Waals surface area contributed by atoms with Gasteiger partial charge in [0.05, 0.1) is 20.6 Å². The van der Waals surface area contributed by atoms with Crippen molar-refractivity contribution in [3.05, 3.63) is 0 Å². The molecule has 6 heteroatoms. The highest BCUT2D eigenvalue weighted by molar-refractivity contribution is 5.75. The number of carbonyl (C=O) groups excluding carboxylic acids is 1. The van der Waals surface area contributed by atoms with Gasteiger partial charge >= 0.3 is 5.97 Å². The van der Waals surface area contributed by atoms with Gasteiger partial charge in [-0.2, -0.15) is 0 Å². The van der Waals surface area contributed by atoms with E-state index in [4.69, 9.17) is 5.11 Å². The van der Waals surface area contributed by atoms with Gasteiger partial charge in [0.25, 0.3) is 0 Å². The topological polar surface area (TPSA) is 66.4 Å². The number of rotatable bonds is 13. The number of nitrogens with zero attached hydrogens (tertiary/aromatic N) is 1. The van der Waals surface area contributed by atoms with E-state index in [-0.39, 0.29) is 12.5 Å². The van der Waals surface area contributed by atoms with Gasteiger partial charge in [0.15, 0.2) is 6.54 Å². The van der Waals surface area contributed by atoms with Crippen LogP contribution < -0.4 is 5.32 Å². The van der Waals surface area contributed by atoms with Crippen LogP contribution in [0.2, 0.25) is 0 Å². The van der Waals surface area contributed by atoms with Crippen LogP contribution in [-0.2, 0) is 9.59 Å². The lowest BCUT2D eigenvalue weighted by Crippen LogP contribution is -2.45. The first-order valence-corrected chi connectivity index (χ1v) is 8.21. The lowest BCUT2D eigenvalue weighted by Gasteiger charge is -2.27. The van der Waals surface area contributed by atoms with E-state index in [2.05, 4.69) is 5.32 Å². The molecule has 0 fully saturated rings. The molecule has 0 aliphatic carbocycles. The number of hydrogen-bond donors (Lipinski definition) is 2. The molecule has 0 heterocycles. The number of amides is 1. The molecule has 0 saturated carbocycles. The minimum atomic E-state index is -0.821. The molecular formula is C16H32FN2O3+. The highest BCUT2D eigenvalue weighted by Gasteiger charge is 2.18. The van der Waals surface area contributed by atoms with E-state index in [9.17, 15) is 14.0 Å². The summed E-state index contributed by atoms with van der Waals surface area (Å²) in [4.78, 5) is 22.3. The number of alkyl halides is 1. The second-order valence-corrected chi connectivity index (χ2v) is 6.55. The zero-order valence-electron chi connectivity index (χ0n) is 14.2. The third kappa shape index (κ3) is 12.6. The smallest absolute Gasteiger partial charge is 0.359 e. The quantitative estimate of drug-likeness (QED) is 0.404. The van der Waals surface area contributed by atoms with E-state index < -0.39 is 12.1 Å².